The second-order valence-corrected chi connectivity index (χ2v) is 6.44. The van der Waals surface area contributed by atoms with Crippen LogP contribution >= 0.6 is 0 Å². The fourth-order valence-corrected chi connectivity index (χ4v) is 3.10. The van der Waals surface area contributed by atoms with Gasteiger partial charge in [0.05, 0.1) is 6.20 Å². The third-order valence-corrected chi connectivity index (χ3v) is 4.63. The van der Waals surface area contributed by atoms with Gasteiger partial charge in [-0.15, -0.1) is 0 Å². The molecule has 114 valence electrons. The molecule has 1 unspecified atom stereocenters. The number of aliphatic carboxylic acids is 1. The zero-order valence-corrected chi connectivity index (χ0v) is 12.2. The van der Waals surface area contributed by atoms with Gasteiger partial charge in [-0.2, -0.15) is 5.10 Å². The highest BCUT2D eigenvalue weighted by Gasteiger charge is 2.29. The number of nitrogens with zero attached hydrogens (tertiary/aromatic N) is 2. The standard InChI is InChI=1S/C11H19N3O5S/c1-3-11(2,4-5-15)13-20(18,19)9-6-12-14(7-9)8-10(16)17/h6-7,13,15H,3-5,8H2,1-2H3,(H,16,17). The maximum Gasteiger partial charge on any atom is 0.325 e. The Balaban J connectivity index is 2.93. The fraction of sp³-hybridized carbons (Fsp3) is 0.636. The van der Waals surface area contributed by atoms with Crippen LogP contribution in [0.5, 0.6) is 0 Å². The van der Waals surface area contributed by atoms with Crippen LogP contribution in [0.1, 0.15) is 26.7 Å². The summed E-state index contributed by atoms with van der Waals surface area (Å²) >= 11 is 0. The summed E-state index contributed by atoms with van der Waals surface area (Å²) in [6.07, 6.45) is 3.05. The van der Waals surface area contributed by atoms with Crippen LogP contribution in [0, 0.1) is 0 Å². The summed E-state index contributed by atoms with van der Waals surface area (Å²) in [5.74, 6) is -1.11. The number of hydrogen-bond acceptors (Lipinski definition) is 5. The molecule has 0 amide bonds. The molecule has 0 spiro atoms. The zero-order valence-electron chi connectivity index (χ0n) is 11.4. The molecule has 1 rings (SSSR count). The average Bonchev–Trinajstić information content (AvgIpc) is 2.77. The van der Waals surface area contributed by atoms with E-state index in [4.69, 9.17) is 10.2 Å². The molecule has 0 aromatic carbocycles. The van der Waals surface area contributed by atoms with Crippen LogP contribution in [-0.4, -0.2) is 46.5 Å². The number of carboxylic acid groups (broad SMARTS) is 1. The Morgan fingerprint density at radius 3 is 2.70 bits per heavy atom. The van der Waals surface area contributed by atoms with Crippen molar-refractivity contribution < 1.29 is 23.4 Å². The Bertz CT molecular complexity index is 568. The van der Waals surface area contributed by atoms with E-state index in [0.29, 0.717) is 6.42 Å². The van der Waals surface area contributed by atoms with E-state index < -0.39 is 28.1 Å². The van der Waals surface area contributed by atoms with Gasteiger partial charge in [0.25, 0.3) is 0 Å². The van der Waals surface area contributed by atoms with Crippen molar-refractivity contribution in [2.75, 3.05) is 6.61 Å². The molecule has 0 fully saturated rings. The number of aliphatic hydroxyl groups excluding tert-OH is 1. The lowest BCUT2D eigenvalue weighted by molar-refractivity contribution is -0.137. The lowest BCUT2D eigenvalue weighted by atomic mass is 9.97. The van der Waals surface area contributed by atoms with Crippen molar-refractivity contribution in [3.05, 3.63) is 12.4 Å². The van der Waals surface area contributed by atoms with Crippen molar-refractivity contribution in [2.45, 2.75) is 43.7 Å². The molecule has 0 aliphatic rings. The molecular formula is C11H19N3O5S. The topological polar surface area (TPSA) is 122 Å². The summed E-state index contributed by atoms with van der Waals surface area (Å²) in [5, 5.41) is 21.3. The van der Waals surface area contributed by atoms with Crippen LogP contribution < -0.4 is 4.72 Å². The van der Waals surface area contributed by atoms with Crippen LogP contribution in [-0.2, 0) is 21.4 Å². The number of rotatable bonds is 8. The van der Waals surface area contributed by atoms with Gasteiger partial charge in [-0.1, -0.05) is 6.92 Å². The third-order valence-electron chi connectivity index (χ3n) is 3.04. The summed E-state index contributed by atoms with van der Waals surface area (Å²) in [6.45, 7) is 2.97. The molecule has 0 aliphatic heterocycles. The summed E-state index contributed by atoms with van der Waals surface area (Å²) < 4.78 is 27.9. The summed E-state index contributed by atoms with van der Waals surface area (Å²) in [6, 6.07) is 0. The SMILES string of the molecule is CCC(C)(CCO)NS(=O)(=O)c1cnn(CC(=O)O)c1. The van der Waals surface area contributed by atoms with E-state index in [1.807, 2.05) is 6.92 Å². The van der Waals surface area contributed by atoms with Gasteiger partial charge in [0.2, 0.25) is 10.0 Å². The van der Waals surface area contributed by atoms with Crippen LogP contribution in [0.4, 0.5) is 0 Å². The molecule has 8 nitrogen and oxygen atoms in total. The Morgan fingerprint density at radius 1 is 1.55 bits per heavy atom. The number of sulfonamides is 1. The Morgan fingerprint density at radius 2 is 2.20 bits per heavy atom. The van der Waals surface area contributed by atoms with Crippen LogP contribution in [0.25, 0.3) is 0 Å². The number of nitrogens with one attached hydrogen (secondary N) is 1. The molecule has 3 N–H and O–H groups in total. The van der Waals surface area contributed by atoms with Gasteiger partial charge in [0, 0.05) is 18.3 Å². The predicted molar refractivity (Wildman–Crippen MR) is 70.6 cm³/mol. The number of carboxylic acids is 1. The van der Waals surface area contributed by atoms with E-state index in [2.05, 4.69) is 9.82 Å². The van der Waals surface area contributed by atoms with E-state index in [9.17, 15) is 13.2 Å². The number of aliphatic hydroxyl groups is 1. The van der Waals surface area contributed by atoms with E-state index in [1.54, 1.807) is 6.92 Å². The normalized spacial score (nSPS) is 14.9. The molecule has 0 saturated carbocycles. The maximum absolute atomic E-state index is 12.2. The highest BCUT2D eigenvalue weighted by molar-refractivity contribution is 7.89. The van der Waals surface area contributed by atoms with Crippen molar-refractivity contribution in [2.24, 2.45) is 0 Å². The first kappa shape index (κ1) is 16.6. The van der Waals surface area contributed by atoms with E-state index in [0.717, 1.165) is 17.1 Å². The number of carbonyl (C=O) groups is 1. The molecule has 1 heterocycles. The van der Waals surface area contributed by atoms with E-state index in [1.165, 1.54) is 0 Å². The van der Waals surface area contributed by atoms with Crippen molar-refractivity contribution >= 4 is 16.0 Å². The first-order chi connectivity index (χ1) is 9.22. The molecule has 20 heavy (non-hydrogen) atoms. The van der Waals surface area contributed by atoms with Gasteiger partial charge in [0.1, 0.15) is 11.4 Å². The van der Waals surface area contributed by atoms with E-state index in [-0.39, 0.29) is 17.9 Å². The van der Waals surface area contributed by atoms with Gasteiger partial charge in [0.15, 0.2) is 0 Å². The molecule has 1 atom stereocenters. The van der Waals surface area contributed by atoms with Gasteiger partial charge >= 0.3 is 5.97 Å². The average molecular weight is 305 g/mol. The van der Waals surface area contributed by atoms with Crippen LogP contribution in [0.15, 0.2) is 17.3 Å². The summed E-state index contributed by atoms with van der Waals surface area (Å²) in [4.78, 5) is 10.4. The second kappa shape index (κ2) is 6.33. The Labute approximate surface area is 117 Å². The van der Waals surface area contributed by atoms with Gasteiger partial charge < -0.3 is 10.2 Å². The maximum atomic E-state index is 12.2. The molecule has 1 aromatic rings. The Kier molecular flexibility index (Phi) is 5.26. The smallest absolute Gasteiger partial charge is 0.325 e. The molecular weight excluding hydrogens is 286 g/mol. The third kappa shape index (κ3) is 4.29. The summed E-state index contributed by atoms with van der Waals surface area (Å²) in [7, 11) is -3.80. The Hall–Kier alpha value is -1.45. The first-order valence-corrected chi connectivity index (χ1v) is 7.60. The fourth-order valence-electron chi connectivity index (χ4n) is 1.64. The quantitative estimate of drug-likeness (QED) is 0.611. The lowest BCUT2D eigenvalue weighted by Crippen LogP contribution is -2.45. The molecule has 9 heteroatoms. The minimum atomic E-state index is -3.80. The van der Waals surface area contributed by atoms with Crippen LogP contribution in [0.3, 0.4) is 0 Å². The van der Waals surface area contributed by atoms with E-state index >= 15 is 0 Å². The van der Waals surface area contributed by atoms with Crippen LogP contribution in [0.2, 0.25) is 0 Å². The highest BCUT2D eigenvalue weighted by atomic mass is 32.2. The molecule has 0 aliphatic carbocycles. The minimum absolute atomic E-state index is 0.101. The predicted octanol–water partition coefficient (Wildman–Crippen LogP) is -0.203. The van der Waals surface area contributed by atoms with Gasteiger partial charge in [-0.25, -0.2) is 13.1 Å². The minimum Gasteiger partial charge on any atom is -0.480 e. The number of hydrogen-bond donors (Lipinski definition) is 3. The van der Waals surface area contributed by atoms with Crippen molar-refractivity contribution in [1.29, 1.82) is 0 Å². The lowest BCUT2D eigenvalue weighted by Gasteiger charge is -2.28. The first-order valence-electron chi connectivity index (χ1n) is 6.11. The van der Waals surface area contributed by atoms with Crippen molar-refractivity contribution in [3.8, 4) is 0 Å². The van der Waals surface area contributed by atoms with Gasteiger partial charge in [-0.3, -0.25) is 9.48 Å². The van der Waals surface area contributed by atoms with Crippen molar-refractivity contribution in [3.63, 3.8) is 0 Å². The highest BCUT2D eigenvalue weighted by Crippen LogP contribution is 2.18. The second-order valence-electron chi connectivity index (χ2n) is 4.76. The monoisotopic (exact) mass is 305 g/mol. The molecule has 1 aromatic heterocycles. The largest absolute Gasteiger partial charge is 0.480 e. The summed E-state index contributed by atoms with van der Waals surface area (Å²) in [5.41, 5.74) is -0.761. The van der Waals surface area contributed by atoms with Crippen molar-refractivity contribution in [1.82, 2.24) is 14.5 Å². The zero-order chi connectivity index (χ0) is 15.4. The molecule has 0 radical (unpaired) electrons. The molecule has 0 saturated heterocycles. The number of aromatic nitrogens is 2. The van der Waals surface area contributed by atoms with Gasteiger partial charge in [-0.05, 0) is 19.8 Å². The molecule has 0 bridgehead atoms.